The molecule has 12 heterocycles. The number of aromatic amines is 6. The normalized spacial score (nSPS) is 28.5. The van der Waals surface area contributed by atoms with Crippen molar-refractivity contribution in [3.05, 3.63) is 136 Å². The van der Waals surface area contributed by atoms with Gasteiger partial charge in [0, 0.05) is 102 Å². The van der Waals surface area contributed by atoms with E-state index in [1.54, 1.807) is 49.6 Å². The molecule has 5 unspecified atom stereocenters. The number of hydrogen-bond acceptors (Lipinski definition) is 34. The third kappa shape index (κ3) is 29.0. The fourth-order valence-corrected chi connectivity index (χ4v) is 13.4. The predicted octanol–water partition coefficient (Wildman–Crippen LogP) is 0.375. The Morgan fingerprint density at radius 3 is 1.24 bits per heavy atom. The molecule has 20 atom stereocenters. The molecule has 12 rings (SSSR count). The van der Waals surface area contributed by atoms with Crippen molar-refractivity contribution >= 4 is 79.0 Å². The third-order valence-electron chi connectivity index (χ3n) is 17.7. The van der Waals surface area contributed by atoms with E-state index in [-0.39, 0.29) is 147 Å². The van der Waals surface area contributed by atoms with Gasteiger partial charge in [0.1, 0.15) is 54.9 Å². The molecule has 0 saturated carbocycles. The van der Waals surface area contributed by atoms with Gasteiger partial charge in [0.2, 0.25) is 6.29 Å². The van der Waals surface area contributed by atoms with E-state index in [4.69, 9.17) is 125 Å². The van der Waals surface area contributed by atoms with Gasteiger partial charge in [0.25, 0.3) is 27.8 Å². The van der Waals surface area contributed by atoms with Gasteiger partial charge in [0.05, 0.1) is 44.2 Å². The predicted molar refractivity (Wildman–Crippen MR) is 416 cm³/mol. The van der Waals surface area contributed by atoms with Crippen molar-refractivity contribution in [2.45, 2.75) is 252 Å². The van der Waals surface area contributed by atoms with Gasteiger partial charge in [-0.2, -0.15) is 7.11 Å². The number of carbonyl (C=O) groups is 3. The number of aliphatic hydroxyl groups is 6. The summed E-state index contributed by atoms with van der Waals surface area (Å²) in [6, 6.07) is 5.33. The van der Waals surface area contributed by atoms with Crippen LogP contribution in [0.2, 0.25) is 0 Å². The van der Waals surface area contributed by atoms with E-state index in [1.165, 1.54) is 72.8 Å². The molecule has 0 amide bonds. The fourth-order valence-electron chi connectivity index (χ4n) is 12.2. The molecule has 7 fully saturated rings. The number of rotatable bonds is 15. The number of esters is 3. The van der Waals surface area contributed by atoms with E-state index in [9.17, 15) is 63.9 Å². The number of nitrogens with zero attached hydrogens (tertiary/aromatic N) is 4. The molecule has 7 aliphatic heterocycles. The Kier molecular flexibility index (Phi) is 43.8. The summed E-state index contributed by atoms with van der Waals surface area (Å²) in [4.78, 5) is 104. The molecule has 644 valence electrons. The number of fused-ring (bicyclic) bond motifs is 2. The molecule has 5 aromatic rings. The molecular formula is C70H109N10NaO29S5. The molecule has 0 spiro atoms. The molecule has 12 N–H and O–H groups in total. The first-order chi connectivity index (χ1) is 52.6. The number of carbonyl (C=O) groups excluding carboxylic acids is 3. The van der Waals surface area contributed by atoms with Crippen molar-refractivity contribution in [1.82, 2.24) is 48.2 Å². The maximum Gasteiger partial charge on any atom is 1.00 e. The summed E-state index contributed by atoms with van der Waals surface area (Å²) in [7, 11) is 3.98. The van der Waals surface area contributed by atoms with Gasteiger partial charge in [-0.05, 0) is 115 Å². The first kappa shape index (κ1) is 105. The second-order valence-electron chi connectivity index (χ2n) is 26.9. The van der Waals surface area contributed by atoms with Crippen molar-refractivity contribution < 1.29 is 146 Å². The SMILES string of the molecule is C.C.CC1(C)OC2[C@@H](CO)O[C@@H](n3cc(CO)c(=O)[nH]c3=S)[C@H]2O1.CC1(C)OC2[C@@H](CO)O[C@@H](n3ccc(=O)[nH]c3=S)[C@H]2O1.CC[C@H]1O[C@@H](OC(C)=O)[C@@H](OC(C)=O)C1C.CC[C@H]1O[C@@H](n2ccc(=O)[nH]c2=S)[C@@H](OC(C)=O)C1C.COC(C)(C)OC.C[O-].O=c1cc[nH]c(=S)[nH]1.O=c1ccn([C@@H]2O[C@H](CO)C(O)[C@@H]2O)c(=S)[nH]1.[Na+]. The Hall–Kier alpha value is -5.81. The Morgan fingerprint density at radius 2 is 0.878 bits per heavy atom. The van der Waals surface area contributed by atoms with Crippen LogP contribution in [0.25, 0.3) is 0 Å². The van der Waals surface area contributed by atoms with Crippen molar-refractivity contribution in [1.29, 1.82) is 0 Å². The smallest absolute Gasteiger partial charge is 0.857 e. The maximum atomic E-state index is 11.7. The van der Waals surface area contributed by atoms with Gasteiger partial charge in [-0.1, -0.05) is 42.5 Å². The minimum atomic E-state index is -1.22. The van der Waals surface area contributed by atoms with Crippen LogP contribution in [0.5, 0.6) is 0 Å². The number of aromatic nitrogens is 10. The van der Waals surface area contributed by atoms with Crippen LogP contribution >= 0.6 is 61.1 Å². The van der Waals surface area contributed by atoms with Crippen LogP contribution in [0, 0.1) is 35.7 Å². The summed E-state index contributed by atoms with van der Waals surface area (Å²) in [6.07, 6.45) is -1.36. The zero-order chi connectivity index (χ0) is 84.2. The van der Waals surface area contributed by atoms with Crippen LogP contribution in [0.15, 0.2) is 79.2 Å². The standard InChI is InChI=1S/C13H18N2O6S.C13H18N2O4S.C12H16N2O5S.C11H18O5.C9H12N2O5S.C5H12O2.C4H4N2OS.CH3O.2CH4.Na/c1-13(2)20-8-7(5-17)19-11(9(8)21-13)15-3-6(4-16)10(18)14-12(15)22;1-4-9-7(2)11(18-8(3)16)12(19-9)15-6-5-10(17)14-13(15)20;1-12(2)18-8-6(5-15)17-10(9(8)19-12)14-4-3-7(16)13-11(14)20;1-5-9-6(2)10(14-7(3)12)11(16-9)15-8(4)13;12-3-4-6(14)7(15)8(16-4)11-2-1-5(13)10-9(11)17;1-5(2,6-3)7-4;7-3-1-2-5-4(8)6-3;1-2;;;/h3,7-9,11,16-17H,4-5H2,1-2H3,(H,14,18,22);5-7,9,11-12H,4H2,1-3H3,(H,14,17,20);3-4,6,8-10,15H,5H2,1-2H3,(H,13,16,20);6,9-11H,5H2,1-4H3;1-2,4,6-8,12,14-15H,3H2,(H,10,13,17);1-4H3;1-2H,(H2,5,6,7,8);1H3;2*1H4;/q;;;;;;;-1;;;+1/t7-,8?,9+,11-;7?,9-,11+,12-;6-,8?,9+,10-;6?,9-,10+,11-;4-,6?,7+,8-;;;;;;/m11111....../s1. The molecule has 5 aromatic heterocycles. The zero-order valence-electron chi connectivity index (χ0n) is 65.4. The van der Waals surface area contributed by atoms with E-state index < -0.39 is 134 Å². The van der Waals surface area contributed by atoms with E-state index in [0.29, 0.717) is 4.77 Å². The summed E-state index contributed by atoms with van der Waals surface area (Å²) < 4.78 is 83.9. The number of ether oxygens (including phenoxy) is 14. The van der Waals surface area contributed by atoms with Crippen LogP contribution in [0.3, 0.4) is 0 Å². The number of H-pyrrole nitrogens is 6. The van der Waals surface area contributed by atoms with E-state index in [1.807, 2.05) is 55.4 Å². The summed E-state index contributed by atoms with van der Waals surface area (Å²) >= 11 is 24.9. The van der Waals surface area contributed by atoms with Crippen LogP contribution in [-0.4, -0.2) is 241 Å². The summed E-state index contributed by atoms with van der Waals surface area (Å²) in [5.41, 5.74) is -1.36. The largest absolute Gasteiger partial charge is 1.00 e. The van der Waals surface area contributed by atoms with Crippen molar-refractivity contribution in [3.63, 3.8) is 0 Å². The first-order valence-electron chi connectivity index (χ1n) is 35.0. The van der Waals surface area contributed by atoms with Crippen molar-refractivity contribution in [2.75, 3.05) is 41.2 Å². The third-order valence-corrected chi connectivity index (χ3v) is 19.2. The molecule has 0 bridgehead atoms. The first-order valence-corrected chi connectivity index (χ1v) is 37.0. The molecule has 0 radical (unpaired) electrons. The maximum absolute atomic E-state index is 11.7. The van der Waals surface area contributed by atoms with Crippen LogP contribution in [0.4, 0.5) is 0 Å². The molecule has 115 heavy (non-hydrogen) atoms. The summed E-state index contributed by atoms with van der Waals surface area (Å²) in [6.45, 7) is 21.6. The van der Waals surface area contributed by atoms with Crippen LogP contribution in [-0.2, 0) is 87.3 Å². The Morgan fingerprint density at radius 1 is 0.513 bits per heavy atom. The minimum absolute atomic E-state index is 0. The molecular weight excluding hydrogens is 1630 g/mol. The Bertz CT molecular complexity index is 4500. The van der Waals surface area contributed by atoms with E-state index in [0.717, 1.165) is 20.0 Å². The number of hydrogen-bond donors (Lipinski definition) is 12. The van der Waals surface area contributed by atoms with Crippen molar-refractivity contribution in [3.8, 4) is 0 Å². The Balaban J connectivity index is 0.000000462. The van der Waals surface area contributed by atoms with Crippen LogP contribution < -0.4 is 62.5 Å². The van der Waals surface area contributed by atoms with E-state index >= 15 is 0 Å². The molecule has 7 saturated heterocycles. The topological polar surface area (TPSA) is 525 Å². The zero-order valence-corrected chi connectivity index (χ0v) is 71.5. The van der Waals surface area contributed by atoms with Crippen molar-refractivity contribution in [2.24, 2.45) is 11.8 Å². The monoisotopic (exact) mass is 1740 g/mol. The number of aliphatic hydroxyl groups excluding tert-OH is 6. The van der Waals surface area contributed by atoms with Gasteiger partial charge < -0.3 is 107 Å². The molecule has 0 aromatic carbocycles. The summed E-state index contributed by atoms with van der Waals surface area (Å²) in [5, 5.41) is 64.7. The van der Waals surface area contributed by atoms with Gasteiger partial charge in [-0.15, -0.1) is 0 Å². The number of methoxy groups -OCH3 is 2. The molecule has 7 aliphatic rings. The Labute approximate surface area is 710 Å². The summed E-state index contributed by atoms with van der Waals surface area (Å²) in [5.74, 6) is -3.06. The average Bonchev–Trinajstić information content (AvgIpc) is 1.61. The van der Waals surface area contributed by atoms with Gasteiger partial charge >= 0.3 is 47.5 Å². The molecule has 0 aliphatic carbocycles. The van der Waals surface area contributed by atoms with Gasteiger partial charge in [0.15, 0.2) is 78.3 Å². The molecule has 45 heteroatoms. The molecule has 39 nitrogen and oxygen atoms in total. The number of nitrogens with one attached hydrogen (secondary N) is 6. The second-order valence-corrected chi connectivity index (χ2v) is 28.8. The van der Waals surface area contributed by atoms with Crippen LogP contribution in [0.1, 0.15) is 148 Å². The van der Waals surface area contributed by atoms with Gasteiger partial charge in [-0.25, -0.2) is 0 Å². The fraction of sp³-hybridized carbons (Fsp3) is 0.671. The minimum Gasteiger partial charge on any atom is -0.857 e. The average molecular weight is 1740 g/mol. The second kappa shape index (κ2) is 47.8. The van der Waals surface area contributed by atoms with E-state index in [2.05, 4.69) is 42.1 Å². The van der Waals surface area contributed by atoms with Gasteiger partial charge in [-0.3, -0.25) is 81.5 Å². The quantitative estimate of drug-likeness (QED) is 0.0221.